The number of nitrogen functional groups attached to an aromatic ring is 1. The van der Waals surface area contributed by atoms with Crippen LogP contribution in [0, 0.1) is 6.92 Å². The first kappa shape index (κ1) is 26.7. The number of benzene rings is 3. The summed E-state index contributed by atoms with van der Waals surface area (Å²) in [4.78, 5) is 41.3. The molecular formula is C29H27N5O5S. The Balaban J connectivity index is 1.56. The van der Waals surface area contributed by atoms with E-state index in [1.807, 2.05) is 61.5 Å². The smallest absolute Gasteiger partial charge is 0.270 e. The first-order valence-electron chi connectivity index (χ1n) is 12.4. The molecule has 1 atom stereocenters. The van der Waals surface area contributed by atoms with Gasteiger partial charge in [-0.2, -0.15) is 4.37 Å². The zero-order valence-electron chi connectivity index (χ0n) is 21.6. The van der Waals surface area contributed by atoms with Crippen molar-refractivity contribution >= 4 is 34.9 Å². The van der Waals surface area contributed by atoms with Gasteiger partial charge in [0.25, 0.3) is 11.8 Å². The minimum absolute atomic E-state index is 0.0162. The maximum atomic E-state index is 14.1. The quantitative estimate of drug-likeness (QED) is 0.285. The van der Waals surface area contributed by atoms with Gasteiger partial charge in [0.15, 0.2) is 17.2 Å². The number of aryl methyl sites for hydroxylation is 1. The van der Waals surface area contributed by atoms with Gasteiger partial charge in [0.2, 0.25) is 12.7 Å². The molecule has 0 saturated heterocycles. The van der Waals surface area contributed by atoms with Crippen LogP contribution in [0.2, 0.25) is 0 Å². The molecule has 11 heteroatoms. The standard InChI is InChI=1S/C29H27N5O5S/c1-17-7-10-20(11-8-17)25(28(36)32-14-18-5-3-2-4-6-18)34(15-19-9-12-21-22(13-19)39-16-38-21)29(37)26-23(30)24(27(31)35)33-40-26/h2-13,25H,14-16,30H2,1H3,(H2,31,35)(H,32,36). The first-order valence-corrected chi connectivity index (χ1v) is 13.2. The molecule has 1 aliphatic rings. The van der Waals surface area contributed by atoms with Crippen molar-refractivity contribution in [2.24, 2.45) is 5.73 Å². The van der Waals surface area contributed by atoms with E-state index < -0.39 is 17.9 Å². The average molecular weight is 558 g/mol. The Hall–Kier alpha value is -4.90. The van der Waals surface area contributed by atoms with E-state index in [-0.39, 0.29) is 42.0 Å². The number of hydrogen-bond acceptors (Lipinski definition) is 8. The summed E-state index contributed by atoms with van der Waals surface area (Å²) >= 11 is 0.765. The molecule has 204 valence electrons. The second-order valence-corrected chi connectivity index (χ2v) is 10.0. The number of nitrogens with zero attached hydrogens (tertiary/aromatic N) is 2. The van der Waals surface area contributed by atoms with Crippen molar-refractivity contribution in [3.63, 3.8) is 0 Å². The molecule has 0 saturated carbocycles. The van der Waals surface area contributed by atoms with Crippen LogP contribution in [0.3, 0.4) is 0 Å². The van der Waals surface area contributed by atoms with Crippen molar-refractivity contribution in [2.75, 3.05) is 12.5 Å². The number of rotatable bonds is 9. The van der Waals surface area contributed by atoms with Crippen LogP contribution in [-0.4, -0.2) is 33.8 Å². The number of ether oxygens (including phenoxy) is 2. The molecule has 0 fully saturated rings. The van der Waals surface area contributed by atoms with Gasteiger partial charge >= 0.3 is 0 Å². The topological polar surface area (TPSA) is 150 Å². The summed E-state index contributed by atoms with van der Waals surface area (Å²) in [6, 6.07) is 21.1. The van der Waals surface area contributed by atoms with Crippen LogP contribution in [-0.2, 0) is 17.9 Å². The number of carbonyl (C=O) groups excluding carboxylic acids is 3. The predicted molar refractivity (Wildman–Crippen MR) is 150 cm³/mol. The number of nitrogens with two attached hydrogens (primary N) is 2. The maximum absolute atomic E-state index is 14.1. The van der Waals surface area contributed by atoms with Crippen molar-refractivity contribution in [1.29, 1.82) is 0 Å². The van der Waals surface area contributed by atoms with E-state index >= 15 is 0 Å². The Morgan fingerprint density at radius 2 is 1.73 bits per heavy atom. The fourth-order valence-electron chi connectivity index (χ4n) is 4.38. The molecule has 10 nitrogen and oxygen atoms in total. The molecule has 0 aliphatic carbocycles. The van der Waals surface area contributed by atoms with Crippen molar-refractivity contribution in [2.45, 2.75) is 26.1 Å². The molecule has 1 aromatic heterocycles. The molecule has 1 aliphatic heterocycles. The van der Waals surface area contributed by atoms with Crippen LogP contribution in [0.15, 0.2) is 72.8 Å². The second kappa shape index (κ2) is 11.5. The van der Waals surface area contributed by atoms with Gasteiger partial charge in [-0.3, -0.25) is 14.4 Å². The summed E-state index contributed by atoms with van der Waals surface area (Å²) in [5, 5.41) is 2.97. The normalized spacial score (nSPS) is 12.5. The van der Waals surface area contributed by atoms with E-state index in [4.69, 9.17) is 20.9 Å². The third-order valence-corrected chi connectivity index (χ3v) is 7.32. The van der Waals surface area contributed by atoms with Crippen molar-refractivity contribution in [3.8, 4) is 11.5 Å². The van der Waals surface area contributed by atoms with Gasteiger partial charge in [-0.15, -0.1) is 0 Å². The number of carbonyl (C=O) groups is 3. The number of anilines is 1. The van der Waals surface area contributed by atoms with Gasteiger partial charge in [0, 0.05) is 13.1 Å². The van der Waals surface area contributed by atoms with Crippen molar-refractivity contribution in [3.05, 3.63) is 106 Å². The average Bonchev–Trinajstić information content (AvgIpc) is 3.59. The maximum Gasteiger partial charge on any atom is 0.270 e. The van der Waals surface area contributed by atoms with E-state index in [1.165, 1.54) is 4.90 Å². The number of fused-ring (bicyclic) bond motifs is 1. The van der Waals surface area contributed by atoms with E-state index in [9.17, 15) is 14.4 Å². The SMILES string of the molecule is Cc1ccc(C(C(=O)NCc2ccccc2)N(Cc2ccc3c(c2)OCO3)C(=O)c2snc(C(N)=O)c2N)cc1. The lowest BCUT2D eigenvalue weighted by Crippen LogP contribution is -2.43. The van der Waals surface area contributed by atoms with Crippen LogP contribution >= 0.6 is 11.5 Å². The molecule has 5 rings (SSSR count). The molecule has 1 unspecified atom stereocenters. The van der Waals surface area contributed by atoms with Crippen LogP contribution in [0.4, 0.5) is 5.69 Å². The largest absolute Gasteiger partial charge is 0.454 e. The number of aromatic nitrogens is 1. The van der Waals surface area contributed by atoms with Crippen LogP contribution in [0.25, 0.3) is 0 Å². The van der Waals surface area contributed by atoms with Gasteiger partial charge in [-0.25, -0.2) is 0 Å². The lowest BCUT2D eigenvalue weighted by molar-refractivity contribution is -0.126. The van der Waals surface area contributed by atoms with Crippen molar-refractivity contribution < 1.29 is 23.9 Å². The third kappa shape index (κ3) is 5.59. The Kier molecular flexibility index (Phi) is 7.65. The van der Waals surface area contributed by atoms with Gasteiger partial charge in [0.1, 0.15) is 10.9 Å². The molecule has 0 radical (unpaired) electrons. The minimum Gasteiger partial charge on any atom is -0.454 e. The lowest BCUT2D eigenvalue weighted by atomic mass is 10.0. The molecule has 3 aromatic carbocycles. The zero-order valence-corrected chi connectivity index (χ0v) is 22.4. The molecule has 4 aromatic rings. The van der Waals surface area contributed by atoms with Crippen molar-refractivity contribution in [1.82, 2.24) is 14.6 Å². The molecule has 2 heterocycles. The second-order valence-electron chi connectivity index (χ2n) is 9.28. The summed E-state index contributed by atoms with van der Waals surface area (Å²) in [6.45, 7) is 2.33. The first-order chi connectivity index (χ1) is 19.3. The van der Waals surface area contributed by atoms with Crippen LogP contribution in [0.1, 0.15) is 48.5 Å². The summed E-state index contributed by atoms with van der Waals surface area (Å²) < 4.78 is 14.9. The Morgan fingerprint density at radius 3 is 2.42 bits per heavy atom. The number of nitrogens with one attached hydrogen (secondary N) is 1. The fraction of sp³-hybridized carbons (Fsp3) is 0.172. The van der Waals surface area contributed by atoms with Crippen LogP contribution in [0.5, 0.6) is 11.5 Å². The fourth-order valence-corrected chi connectivity index (χ4v) is 5.14. The molecule has 0 bridgehead atoms. The third-order valence-electron chi connectivity index (χ3n) is 6.47. The molecule has 0 spiro atoms. The molecule has 40 heavy (non-hydrogen) atoms. The molecule has 3 amide bonds. The Bertz CT molecular complexity index is 1560. The lowest BCUT2D eigenvalue weighted by Gasteiger charge is -2.31. The minimum atomic E-state index is -1.04. The van der Waals surface area contributed by atoms with Gasteiger partial charge < -0.3 is 31.2 Å². The molecule has 5 N–H and O–H groups in total. The van der Waals surface area contributed by atoms with E-state index in [1.54, 1.807) is 18.2 Å². The molecular weight excluding hydrogens is 530 g/mol. The highest BCUT2D eigenvalue weighted by Gasteiger charge is 2.35. The zero-order chi connectivity index (χ0) is 28.2. The van der Waals surface area contributed by atoms with Gasteiger partial charge in [-0.05, 0) is 47.3 Å². The Morgan fingerprint density at radius 1 is 1.00 bits per heavy atom. The van der Waals surface area contributed by atoms with Gasteiger partial charge in [0.05, 0.1) is 5.69 Å². The number of hydrogen-bond donors (Lipinski definition) is 3. The number of primary amides is 1. The van der Waals surface area contributed by atoms with E-state index in [0.717, 1.165) is 22.7 Å². The van der Waals surface area contributed by atoms with E-state index in [0.29, 0.717) is 22.6 Å². The summed E-state index contributed by atoms with van der Waals surface area (Å²) in [7, 11) is 0. The monoisotopic (exact) mass is 557 g/mol. The summed E-state index contributed by atoms with van der Waals surface area (Å²) in [5.41, 5.74) is 14.4. The summed E-state index contributed by atoms with van der Waals surface area (Å²) in [5.74, 6) is -0.667. The summed E-state index contributed by atoms with van der Waals surface area (Å²) in [6.07, 6.45) is 0. The highest BCUT2D eigenvalue weighted by Crippen LogP contribution is 2.35. The van der Waals surface area contributed by atoms with Crippen LogP contribution < -0.4 is 26.3 Å². The van der Waals surface area contributed by atoms with E-state index in [2.05, 4.69) is 9.69 Å². The highest BCUT2D eigenvalue weighted by atomic mass is 32.1. The Labute approximate surface area is 234 Å². The number of amides is 3. The highest BCUT2D eigenvalue weighted by molar-refractivity contribution is 7.09. The predicted octanol–water partition coefficient (Wildman–Crippen LogP) is 3.56. The van der Waals surface area contributed by atoms with Gasteiger partial charge in [-0.1, -0.05) is 66.2 Å².